The molecule has 3 saturated carbocycles. The summed E-state index contributed by atoms with van der Waals surface area (Å²) in [5, 5.41) is 9.30. The summed E-state index contributed by atoms with van der Waals surface area (Å²) in [5.74, 6) is -2.58. The van der Waals surface area contributed by atoms with Crippen LogP contribution in [-0.4, -0.2) is 28.4 Å². The maximum absolute atomic E-state index is 13.4. The Balaban J connectivity index is 1.75. The van der Waals surface area contributed by atoms with Gasteiger partial charge in [0.15, 0.2) is 5.78 Å². The van der Waals surface area contributed by atoms with Crippen molar-refractivity contribution >= 4 is 23.3 Å². The molecular weight excluding hydrogens is 344 g/mol. The number of aliphatic carboxylic acids is 1. The molecule has 4 rings (SSSR count). The van der Waals surface area contributed by atoms with Crippen molar-refractivity contribution in [2.24, 2.45) is 40.4 Å². The molecule has 5 heteroatoms. The first-order valence-corrected chi connectivity index (χ1v) is 9.83. The van der Waals surface area contributed by atoms with Gasteiger partial charge in [-0.1, -0.05) is 32.4 Å². The molecule has 0 saturated heterocycles. The average Bonchev–Trinajstić information content (AvgIpc) is 2.84. The number of hydrogen-bond acceptors (Lipinski definition) is 4. The van der Waals surface area contributed by atoms with Gasteiger partial charge in [-0.25, -0.2) is 4.79 Å². The Kier molecular flexibility index (Phi) is 3.89. The molecule has 0 amide bonds. The third kappa shape index (κ3) is 2.36. The summed E-state index contributed by atoms with van der Waals surface area (Å²) < 4.78 is 0. The number of carbonyl (C=O) groups is 4. The smallest absolute Gasteiger partial charge is 0.372 e. The Morgan fingerprint density at radius 1 is 1.22 bits per heavy atom. The Labute approximate surface area is 158 Å². The maximum Gasteiger partial charge on any atom is 0.372 e. The lowest BCUT2D eigenvalue weighted by Crippen LogP contribution is -2.55. The van der Waals surface area contributed by atoms with E-state index >= 15 is 0 Å². The maximum atomic E-state index is 13.4. The van der Waals surface area contributed by atoms with Gasteiger partial charge in [0.25, 0.3) is 0 Å². The van der Waals surface area contributed by atoms with Crippen molar-refractivity contribution in [1.29, 1.82) is 0 Å². The first-order valence-electron chi connectivity index (χ1n) is 9.83. The highest BCUT2D eigenvalue weighted by Gasteiger charge is 2.64. The van der Waals surface area contributed by atoms with Crippen LogP contribution >= 0.6 is 0 Å². The van der Waals surface area contributed by atoms with Gasteiger partial charge in [-0.3, -0.25) is 14.4 Å². The van der Waals surface area contributed by atoms with Crippen LogP contribution in [0.5, 0.6) is 0 Å². The van der Waals surface area contributed by atoms with Gasteiger partial charge < -0.3 is 5.11 Å². The molecule has 3 unspecified atom stereocenters. The summed E-state index contributed by atoms with van der Waals surface area (Å²) in [7, 11) is 0. The second-order valence-corrected chi connectivity index (χ2v) is 9.48. The van der Waals surface area contributed by atoms with E-state index < -0.39 is 28.5 Å². The summed E-state index contributed by atoms with van der Waals surface area (Å²) in [4.78, 5) is 49.0. The monoisotopic (exact) mass is 370 g/mol. The largest absolute Gasteiger partial charge is 0.475 e. The fourth-order valence-electron chi connectivity index (χ4n) is 7.09. The van der Waals surface area contributed by atoms with Gasteiger partial charge in [-0.2, -0.15) is 0 Å². The lowest BCUT2D eigenvalue weighted by Gasteiger charge is -2.55. The van der Waals surface area contributed by atoms with Crippen molar-refractivity contribution in [3.63, 3.8) is 0 Å². The van der Waals surface area contributed by atoms with Crippen LogP contribution in [0.1, 0.15) is 46.5 Å². The Hall–Kier alpha value is -2.04. The van der Waals surface area contributed by atoms with Crippen LogP contribution in [0, 0.1) is 40.4 Å². The number of allylic oxidation sites excluding steroid dienone is 4. The second-order valence-electron chi connectivity index (χ2n) is 9.48. The minimum absolute atomic E-state index is 0.0179. The first-order chi connectivity index (χ1) is 12.6. The van der Waals surface area contributed by atoms with Gasteiger partial charge >= 0.3 is 5.97 Å². The molecule has 4 aliphatic rings. The molecule has 0 aromatic rings. The molecule has 0 aromatic carbocycles. The summed E-state index contributed by atoms with van der Waals surface area (Å²) in [6.07, 6.45) is 7.79. The van der Waals surface area contributed by atoms with Crippen LogP contribution in [0.3, 0.4) is 0 Å². The van der Waals surface area contributed by atoms with Crippen molar-refractivity contribution in [2.75, 3.05) is 0 Å². The van der Waals surface area contributed by atoms with Crippen LogP contribution in [-0.2, 0) is 19.2 Å². The van der Waals surface area contributed by atoms with Gasteiger partial charge in [0.2, 0.25) is 5.78 Å². The fraction of sp³-hybridized carbons (Fsp3) is 0.636. The highest BCUT2D eigenvalue weighted by Crippen LogP contribution is 2.66. The van der Waals surface area contributed by atoms with E-state index in [4.69, 9.17) is 0 Å². The molecule has 144 valence electrons. The summed E-state index contributed by atoms with van der Waals surface area (Å²) in [6.45, 7) is 5.95. The minimum atomic E-state index is -1.39. The zero-order valence-electron chi connectivity index (χ0n) is 16.0. The number of carboxylic acid groups (broad SMARTS) is 1. The van der Waals surface area contributed by atoms with Crippen LogP contribution < -0.4 is 0 Å². The van der Waals surface area contributed by atoms with E-state index in [9.17, 15) is 24.3 Å². The first kappa shape index (κ1) is 18.3. The lowest BCUT2D eigenvalue weighted by molar-refractivity contribution is -0.157. The van der Waals surface area contributed by atoms with E-state index in [-0.39, 0.29) is 41.7 Å². The van der Waals surface area contributed by atoms with Crippen molar-refractivity contribution < 1.29 is 24.3 Å². The quantitative estimate of drug-likeness (QED) is 0.755. The number of carboxylic acids is 1. The standard InChI is InChI=1S/C22H26O5/c1-11-8-15-14-5-4-12-9-13(23)6-7-21(12,2)18(14)16(24)10-22(15,3)17(11)19(25)20(26)27/h6-7,9,11,14-15,17-18H,4-5,8,10H2,1-3H3,(H,26,27)/t11-,14?,15?,17-,18?,21+,22+/m1/s1. The van der Waals surface area contributed by atoms with E-state index in [1.54, 1.807) is 12.2 Å². The van der Waals surface area contributed by atoms with Crippen molar-refractivity contribution in [3.05, 3.63) is 23.8 Å². The predicted octanol–water partition coefficient (Wildman–Crippen LogP) is 2.99. The highest BCUT2D eigenvalue weighted by molar-refractivity contribution is 6.33. The third-order valence-corrected chi connectivity index (χ3v) is 8.09. The Bertz CT molecular complexity index is 821. The molecule has 5 nitrogen and oxygen atoms in total. The molecule has 0 spiro atoms. The molecule has 0 aliphatic heterocycles. The fourth-order valence-corrected chi connectivity index (χ4v) is 7.09. The van der Waals surface area contributed by atoms with E-state index in [0.29, 0.717) is 0 Å². The molecule has 7 atom stereocenters. The second kappa shape index (κ2) is 5.73. The van der Waals surface area contributed by atoms with Crippen molar-refractivity contribution in [2.45, 2.75) is 46.5 Å². The van der Waals surface area contributed by atoms with Gasteiger partial charge in [0, 0.05) is 23.7 Å². The minimum Gasteiger partial charge on any atom is -0.475 e. The summed E-state index contributed by atoms with van der Waals surface area (Å²) in [5.41, 5.74) is 0.0177. The van der Waals surface area contributed by atoms with Gasteiger partial charge in [0.1, 0.15) is 5.78 Å². The zero-order chi connectivity index (χ0) is 19.7. The van der Waals surface area contributed by atoms with Crippen molar-refractivity contribution in [1.82, 2.24) is 0 Å². The van der Waals surface area contributed by atoms with Gasteiger partial charge in [0.05, 0.1) is 0 Å². The summed E-state index contributed by atoms with van der Waals surface area (Å²) in [6, 6.07) is 0. The van der Waals surface area contributed by atoms with Crippen LogP contribution in [0.25, 0.3) is 0 Å². The van der Waals surface area contributed by atoms with Crippen LogP contribution in [0.15, 0.2) is 23.8 Å². The highest BCUT2D eigenvalue weighted by atomic mass is 16.4. The van der Waals surface area contributed by atoms with Gasteiger partial charge in [-0.15, -0.1) is 0 Å². The van der Waals surface area contributed by atoms with Crippen LogP contribution in [0.2, 0.25) is 0 Å². The molecule has 0 aromatic heterocycles. The Morgan fingerprint density at radius 2 is 1.93 bits per heavy atom. The number of carbonyl (C=O) groups excluding carboxylic acids is 3. The SMILES string of the molecule is C[C@@H]1CC2C3CCC4=CC(=O)C=C[C@]4(C)C3C(=O)C[C@]2(C)[C@H]1C(=O)C(=O)O. The molecule has 3 fully saturated rings. The number of hydrogen-bond donors (Lipinski definition) is 1. The third-order valence-electron chi connectivity index (χ3n) is 8.09. The topological polar surface area (TPSA) is 88.5 Å². The molecule has 27 heavy (non-hydrogen) atoms. The summed E-state index contributed by atoms with van der Waals surface area (Å²) >= 11 is 0. The van der Waals surface area contributed by atoms with Gasteiger partial charge in [-0.05, 0) is 54.6 Å². The normalized spacial score (nSPS) is 45.6. The number of rotatable bonds is 2. The molecule has 0 radical (unpaired) electrons. The number of Topliss-reactive ketones (excluding diaryl/α,β-unsaturated/α-hetero) is 2. The number of ketones is 3. The zero-order valence-corrected chi connectivity index (χ0v) is 16.0. The van der Waals surface area contributed by atoms with E-state index in [1.807, 2.05) is 19.9 Å². The molecule has 0 bridgehead atoms. The van der Waals surface area contributed by atoms with Crippen molar-refractivity contribution in [3.8, 4) is 0 Å². The average molecular weight is 370 g/mol. The predicted molar refractivity (Wildman–Crippen MR) is 97.7 cm³/mol. The van der Waals surface area contributed by atoms with E-state index in [1.165, 1.54) is 0 Å². The van der Waals surface area contributed by atoms with E-state index in [0.717, 1.165) is 24.8 Å². The molecule has 1 N–H and O–H groups in total. The lowest BCUT2D eigenvalue weighted by atomic mass is 9.47. The molecular formula is C22H26O5. The Morgan fingerprint density at radius 3 is 2.59 bits per heavy atom. The molecule has 0 heterocycles. The number of fused-ring (bicyclic) bond motifs is 5. The molecule has 4 aliphatic carbocycles. The van der Waals surface area contributed by atoms with Crippen LogP contribution in [0.4, 0.5) is 0 Å². The van der Waals surface area contributed by atoms with E-state index in [2.05, 4.69) is 6.92 Å².